The van der Waals surface area contributed by atoms with Crippen LogP contribution in [0.2, 0.25) is 0 Å². The predicted molar refractivity (Wildman–Crippen MR) is 160 cm³/mol. The minimum Gasteiger partial charge on any atom is -0.502 e. The predicted octanol–water partition coefficient (Wildman–Crippen LogP) is 7.29. The maximum Gasteiger partial charge on any atom is 0.343 e. The number of amides is 1. The van der Waals surface area contributed by atoms with Crippen molar-refractivity contribution in [2.75, 3.05) is 13.2 Å². The van der Waals surface area contributed by atoms with Gasteiger partial charge in [0.1, 0.15) is 5.75 Å². The van der Waals surface area contributed by atoms with Gasteiger partial charge in [0.2, 0.25) is 5.75 Å². The number of hydrogen-bond acceptors (Lipinski definition) is 7. The van der Waals surface area contributed by atoms with Gasteiger partial charge >= 0.3 is 5.97 Å². The molecule has 0 spiro atoms. The molecule has 3 rings (SSSR count). The van der Waals surface area contributed by atoms with Crippen LogP contribution in [0.1, 0.15) is 91.5 Å². The Kier molecular flexibility index (Phi) is 13.2. The second-order valence-electron chi connectivity index (χ2n) is 9.66. The molecule has 8 nitrogen and oxygen atoms in total. The second-order valence-corrected chi connectivity index (χ2v) is 9.66. The van der Waals surface area contributed by atoms with Crippen molar-refractivity contribution in [1.82, 2.24) is 5.43 Å². The molecular formula is C33H40N2O6. The number of ether oxygens (including phenoxy) is 3. The van der Waals surface area contributed by atoms with Crippen molar-refractivity contribution in [1.29, 1.82) is 0 Å². The number of esters is 1. The molecule has 1 amide bonds. The Hall–Kier alpha value is -4.33. The van der Waals surface area contributed by atoms with E-state index in [0.29, 0.717) is 30.1 Å². The van der Waals surface area contributed by atoms with Crippen molar-refractivity contribution < 1.29 is 28.9 Å². The third kappa shape index (κ3) is 10.6. The van der Waals surface area contributed by atoms with E-state index in [0.717, 1.165) is 51.4 Å². The molecule has 8 heteroatoms. The first-order chi connectivity index (χ1) is 20.0. The zero-order chi connectivity index (χ0) is 29.3. The molecule has 0 unspecified atom stereocenters. The Morgan fingerprint density at radius 1 is 0.780 bits per heavy atom. The van der Waals surface area contributed by atoms with Crippen LogP contribution in [-0.4, -0.2) is 36.4 Å². The van der Waals surface area contributed by atoms with Crippen LogP contribution >= 0.6 is 0 Å². The largest absolute Gasteiger partial charge is 0.502 e. The normalized spacial score (nSPS) is 10.9. The second kappa shape index (κ2) is 17.4. The SMILES string of the molecule is CCCCCCOc1cc(C(=O)N/N=C/c2ccc(OC(=O)c3ccccc3)cc2)cc(OCCCCCC)c1O. The number of carbonyl (C=O) groups is 2. The number of nitrogens with zero attached hydrogens (tertiary/aromatic N) is 1. The number of nitrogens with one attached hydrogen (secondary N) is 1. The number of hydrazone groups is 1. The zero-order valence-corrected chi connectivity index (χ0v) is 23.9. The lowest BCUT2D eigenvalue weighted by atomic mass is 10.1. The van der Waals surface area contributed by atoms with E-state index in [1.807, 2.05) is 6.07 Å². The first-order valence-corrected chi connectivity index (χ1v) is 14.3. The lowest BCUT2D eigenvalue weighted by Gasteiger charge is -2.14. The maximum atomic E-state index is 12.9. The van der Waals surface area contributed by atoms with E-state index in [1.54, 1.807) is 48.5 Å². The van der Waals surface area contributed by atoms with E-state index in [1.165, 1.54) is 18.3 Å². The molecule has 0 aromatic heterocycles. The summed E-state index contributed by atoms with van der Waals surface area (Å²) in [6.45, 7) is 5.15. The number of phenols is 1. The Morgan fingerprint density at radius 2 is 1.37 bits per heavy atom. The number of phenolic OH excluding ortho intramolecular Hbond substituents is 1. The first kappa shape index (κ1) is 31.2. The maximum absolute atomic E-state index is 12.9. The summed E-state index contributed by atoms with van der Waals surface area (Å²) in [6, 6.07) is 18.5. The molecule has 3 aromatic carbocycles. The smallest absolute Gasteiger partial charge is 0.343 e. The van der Waals surface area contributed by atoms with Crippen LogP contribution in [-0.2, 0) is 0 Å². The fourth-order valence-electron chi connectivity index (χ4n) is 3.95. The van der Waals surface area contributed by atoms with E-state index in [-0.39, 0.29) is 22.8 Å². The average Bonchev–Trinajstić information content (AvgIpc) is 2.99. The van der Waals surface area contributed by atoms with E-state index in [9.17, 15) is 14.7 Å². The molecule has 0 aliphatic heterocycles. The molecule has 41 heavy (non-hydrogen) atoms. The number of benzene rings is 3. The summed E-state index contributed by atoms with van der Waals surface area (Å²) in [4.78, 5) is 25.1. The molecule has 2 N–H and O–H groups in total. The summed E-state index contributed by atoms with van der Waals surface area (Å²) in [5.41, 5.74) is 3.93. The van der Waals surface area contributed by atoms with Gasteiger partial charge in [0.15, 0.2) is 11.5 Å². The molecule has 0 bridgehead atoms. The summed E-state index contributed by atoms with van der Waals surface area (Å²) in [5.74, 6) is -0.203. The van der Waals surface area contributed by atoms with Gasteiger partial charge in [-0.3, -0.25) is 4.79 Å². The molecular weight excluding hydrogens is 520 g/mol. The Morgan fingerprint density at radius 3 is 1.93 bits per heavy atom. The van der Waals surface area contributed by atoms with Gasteiger partial charge in [-0.25, -0.2) is 10.2 Å². The highest BCUT2D eigenvalue weighted by atomic mass is 16.5. The molecule has 0 aliphatic rings. The van der Waals surface area contributed by atoms with Crippen molar-refractivity contribution in [3.8, 4) is 23.0 Å². The number of hydrogen-bond donors (Lipinski definition) is 2. The van der Waals surface area contributed by atoms with E-state index in [2.05, 4.69) is 24.4 Å². The minimum absolute atomic E-state index is 0.107. The van der Waals surface area contributed by atoms with Crippen LogP contribution in [0.5, 0.6) is 23.0 Å². The van der Waals surface area contributed by atoms with Gasteiger partial charge in [-0.15, -0.1) is 0 Å². The number of aromatic hydroxyl groups is 1. The number of rotatable bonds is 17. The third-order valence-corrected chi connectivity index (χ3v) is 6.29. The highest BCUT2D eigenvalue weighted by Crippen LogP contribution is 2.38. The van der Waals surface area contributed by atoms with Gasteiger partial charge in [-0.05, 0) is 66.9 Å². The molecule has 3 aromatic rings. The van der Waals surface area contributed by atoms with Crippen molar-refractivity contribution in [3.63, 3.8) is 0 Å². The highest BCUT2D eigenvalue weighted by molar-refractivity contribution is 5.96. The van der Waals surface area contributed by atoms with Crippen LogP contribution in [0.4, 0.5) is 0 Å². The Labute approximate surface area is 242 Å². The summed E-state index contributed by atoms with van der Waals surface area (Å²) in [7, 11) is 0. The standard InChI is InChI=1S/C33H40N2O6/c1-3-5-7-12-20-39-29-22-27(23-30(31(29)36)40-21-13-8-6-4-2)32(37)35-34-24-25-16-18-28(19-17-25)41-33(38)26-14-10-9-11-15-26/h9-11,14-19,22-24,36H,3-8,12-13,20-21H2,1-2H3,(H,35,37)/b34-24+. The molecule has 0 atom stereocenters. The molecule has 218 valence electrons. The van der Waals surface area contributed by atoms with Crippen LogP contribution in [0, 0.1) is 0 Å². The topological polar surface area (TPSA) is 106 Å². The molecule has 0 saturated carbocycles. The Balaban J connectivity index is 1.62. The molecule has 0 aliphatic carbocycles. The van der Waals surface area contributed by atoms with Gasteiger partial charge in [0.05, 0.1) is 25.0 Å². The van der Waals surface area contributed by atoms with E-state index in [4.69, 9.17) is 14.2 Å². The minimum atomic E-state index is -0.471. The quantitative estimate of drug-likeness (QED) is 0.0590. The number of carbonyl (C=O) groups excluding carboxylic acids is 2. The highest BCUT2D eigenvalue weighted by Gasteiger charge is 2.17. The van der Waals surface area contributed by atoms with Crippen LogP contribution in [0.15, 0.2) is 71.8 Å². The van der Waals surface area contributed by atoms with Crippen LogP contribution in [0.3, 0.4) is 0 Å². The third-order valence-electron chi connectivity index (χ3n) is 6.29. The molecule has 0 heterocycles. The van der Waals surface area contributed by atoms with Crippen LogP contribution < -0.4 is 19.6 Å². The average molecular weight is 561 g/mol. The van der Waals surface area contributed by atoms with Gasteiger partial charge in [0.25, 0.3) is 5.91 Å². The van der Waals surface area contributed by atoms with Crippen molar-refractivity contribution >= 4 is 18.1 Å². The fraction of sp³-hybridized carbons (Fsp3) is 0.364. The van der Waals surface area contributed by atoms with Crippen molar-refractivity contribution in [2.45, 2.75) is 65.2 Å². The monoisotopic (exact) mass is 560 g/mol. The molecule has 0 radical (unpaired) electrons. The summed E-state index contributed by atoms with van der Waals surface area (Å²) >= 11 is 0. The van der Waals surface area contributed by atoms with Gasteiger partial charge in [-0.1, -0.05) is 70.6 Å². The summed E-state index contributed by atoms with van der Waals surface area (Å²) < 4.78 is 17.0. The Bertz CT molecular complexity index is 1220. The van der Waals surface area contributed by atoms with Crippen LogP contribution in [0.25, 0.3) is 0 Å². The molecule has 0 fully saturated rings. The first-order valence-electron chi connectivity index (χ1n) is 14.3. The lowest BCUT2D eigenvalue weighted by Crippen LogP contribution is -2.18. The van der Waals surface area contributed by atoms with E-state index >= 15 is 0 Å². The lowest BCUT2D eigenvalue weighted by molar-refractivity contribution is 0.0734. The number of unbranched alkanes of at least 4 members (excludes halogenated alkanes) is 6. The van der Waals surface area contributed by atoms with Crippen molar-refractivity contribution in [2.24, 2.45) is 5.10 Å². The van der Waals surface area contributed by atoms with E-state index < -0.39 is 11.9 Å². The van der Waals surface area contributed by atoms with Crippen molar-refractivity contribution in [3.05, 3.63) is 83.4 Å². The van der Waals surface area contributed by atoms with Gasteiger partial charge in [0, 0.05) is 5.56 Å². The van der Waals surface area contributed by atoms with Gasteiger partial charge in [-0.2, -0.15) is 5.10 Å². The van der Waals surface area contributed by atoms with Gasteiger partial charge < -0.3 is 19.3 Å². The molecule has 0 saturated heterocycles. The summed E-state index contributed by atoms with van der Waals surface area (Å²) in [5, 5.41) is 14.8. The summed E-state index contributed by atoms with van der Waals surface area (Å²) in [6.07, 6.45) is 9.71. The fourth-order valence-corrected chi connectivity index (χ4v) is 3.95. The zero-order valence-electron chi connectivity index (χ0n) is 23.9.